The molecule has 0 heterocycles. The minimum Gasteiger partial charge on any atom is -0.370 e. The van der Waals surface area contributed by atoms with E-state index < -0.39 is 0 Å². The van der Waals surface area contributed by atoms with Crippen LogP contribution < -0.4 is 26.6 Å². The third-order valence-electron chi connectivity index (χ3n) is 2.57. The van der Waals surface area contributed by atoms with E-state index in [0.717, 1.165) is 59.0 Å². The molecule has 20 heavy (non-hydrogen) atoms. The second-order valence-corrected chi connectivity index (χ2v) is 4.32. The van der Waals surface area contributed by atoms with Crippen molar-refractivity contribution < 1.29 is 9.47 Å². The van der Waals surface area contributed by atoms with Crippen LogP contribution >= 0.6 is 0 Å². The Kier molecular flexibility index (Phi) is 18.5. The summed E-state index contributed by atoms with van der Waals surface area (Å²) < 4.78 is 10.1. The topological polar surface area (TPSA) is 78.6 Å². The fraction of sp³-hybridized carbons (Fsp3) is 1.00. The van der Waals surface area contributed by atoms with Crippen LogP contribution in [0, 0.1) is 0 Å². The molecule has 0 saturated heterocycles. The van der Waals surface area contributed by atoms with Crippen LogP contribution in [0.15, 0.2) is 0 Å². The van der Waals surface area contributed by atoms with Gasteiger partial charge in [-0.3, -0.25) is 10.6 Å². The quantitative estimate of drug-likeness (QED) is 0.165. The highest BCUT2D eigenvalue weighted by atomic mass is 16.5. The summed E-state index contributed by atoms with van der Waals surface area (Å²) >= 11 is 0. The number of hydrogen-bond acceptors (Lipinski definition) is 7. The lowest BCUT2D eigenvalue weighted by Gasteiger charge is -2.09. The van der Waals surface area contributed by atoms with Crippen LogP contribution in [-0.4, -0.2) is 79.5 Å². The molecule has 0 fully saturated rings. The number of methoxy groups -OCH3 is 1. The summed E-state index contributed by atoms with van der Waals surface area (Å²) in [6.07, 6.45) is 0. The number of nitrogens with one attached hydrogen (secondary N) is 5. The molecule has 0 aromatic heterocycles. The van der Waals surface area contributed by atoms with Gasteiger partial charge in [-0.05, 0) is 6.92 Å². The number of hydrogen-bond donors (Lipinski definition) is 5. The second-order valence-electron chi connectivity index (χ2n) is 4.32. The number of rotatable bonds is 17. The van der Waals surface area contributed by atoms with E-state index in [9.17, 15) is 0 Å². The van der Waals surface area contributed by atoms with E-state index in [1.165, 1.54) is 0 Å². The Morgan fingerprint density at radius 3 is 1.40 bits per heavy atom. The van der Waals surface area contributed by atoms with E-state index in [0.29, 0.717) is 13.5 Å². The largest absolute Gasteiger partial charge is 0.370 e. The third kappa shape index (κ3) is 17.7. The molecule has 5 N–H and O–H groups in total. The van der Waals surface area contributed by atoms with Crippen molar-refractivity contribution in [3.05, 3.63) is 0 Å². The van der Waals surface area contributed by atoms with E-state index >= 15 is 0 Å². The van der Waals surface area contributed by atoms with Crippen molar-refractivity contribution in [1.82, 2.24) is 26.6 Å². The summed E-state index contributed by atoms with van der Waals surface area (Å²) in [5, 5.41) is 16.4. The summed E-state index contributed by atoms with van der Waals surface area (Å²) in [6.45, 7) is 11.8. The lowest BCUT2D eigenvalue weighted by Crippen LogP contribution is -2.36. The van der Waals surface area contributed by atoms with Crippen molar-refractivity contribution in [2.24, 2.45) is 0 Å². The first-order valence-electron chi connectivity index (χ1n) is 7.52. The zero-order valence-electron chi connectivity index (χ0n) is 13.1. The molecule has 7 nitrogen and oxygen atoms in total. The molecule has 7 heteroatoms. The second kappa shape index (κ2) is 18.7. The molecule has 0 aliphatic carbocycles. The normalized spacial score (nSPS) is 11.1. The summed E-state index contributed by atoms with van der Waals surface area (Å²) in [5.41, 5.74) is 0. The maximum Gasteiger partial charge on any atom is 0.0965 e. The van der Waals surface area contributed by atoms with Gasteiger partial charge in [0.05, 0.1) is 13.5 Å². The van der Waals surface area contributed by atoms with Crippen LogP contribution in [0.4, 0.5) is 0 Å². The van der Waals surface area contributed by atoms with Crippen LogP contribution in [0.25, 0.3) is 0 Å². The molecule has 122 valence electrons. The Balaban J connectivity index is 2.89. The molecule has 0 saturated carbocycles. The fourth-order valence-electron chi connectivity index (χ4n) is 1.50. The lowest BCUT2D eigenvalue weighted by molar-refractivity contribution is 0.129. The minimum atomic E-state index is 0.616. The van der Waals surface area contributed by atoms with E-state index in [1.807, 2.05) is 6.92 Å². The van der Waals surface area contributed by atoms with Crippen LogP contribution in [0.2, 0.25) is 0 Å². The standard InChI is InChI=1S/C13H33N5O2/c1-3-20-13-18-11-9-16-7-5-14-4-6-15-8-10-17-12-19-2/h14-18H,3-13H2,1-2H3. The molecule has 0 rings (SSSR count). The van der Waals surface area contributed by atoms with Gasteiger partial charge in [0.2, 0.25) is 0 Å². The molecular weight excluding hydrogens is 258 g/mol. The van der Waals surface area contributed by atoms with Gasteiger partial charge in [-0.25, -0.2) is 0 Å². The molecule has 0 atom stereocenters. The molecule has 0 bridgehead atoms. The molecule has 0 radical (unpaired) electrons. The van der Waals surface area contributed by atoms with Crippen LogP contribution in [0.5, 0.6) is 0 Å². The summed E-state index contributed by atoms with van der Waals surface area (Å²) in [4.78, 5) is 0. The monoisotopic (exact) mass is 291 g/mol. The Morgan fingerprint density at radius 2 is 1.00 bits per heavy atom. The molecule has 0 aromatic rings. The van der Waals surface area contributed by atoms with Gasteiger partial charge >= 0.3 is 0 Å². The summed E-state index contributed by atoms with van der Waals surface area (Å²) in [5.74, 6) is 0. The van der Waals surface area contributed by atoms with Crippen LogP contribution in [0.1, 0.15) is 6.92 Å². The van der Waals surface area contributed by atoms with Crippen molar-refractivity contribution in [1.29, 1.82) is 0 Å². The first-order chi connectivity index (χ1) is 9.91. The predicted molar refractivity (Wildman–Crippen MR) is 83.0 cm³/mol. The van der Waals surface area contributed by atoms with E-state index in [4.69, 9.17) is 9.47 Å². The van der Waals surface area contributed by atoms with Crippen LogP contribution in [-0.2, 0) is 9.47 Å². The first kappa shape index (κ1) is 19.7. The molecule has 0 amide bonds. The Hall–Kier alpha value is -0.280. The van der Waals surface area contributed by atoms with Gasteiger partial charge in [0, 0.05) is 66.1 Å². The molecule has 0 aliphatic rings. The van der Waals surface area contributed by atoms with Gasteiger partial charge in [0.1, 0.15) is 0 Å². The average molecular weight is 291 g/mol. The van der Waals surface area contributed by atoms with Gasteiger partial charge in [0.15, 0.2) is 0 Å². The summed E-state index contributed by atoms with van der Waals surface area (Å²) in [7, 11) is 1.69. The Morgan fingerprint density at radius 1 is 0.600 bits per heavy atom. The SMILES string of the molecule is CCOCNCCNCCNCCNCCNCOC. The third-order valence-corrected chi connectivity index (χ3v) is 2.57. The van der Waals surface area contributed by atoms with Crippen molar-refractivity contribution in [3.63, 3.8) is 0 Å². The minimum absolute atomic E-state index is 0.616. The van der Waals surface area contributed by atoms with Crippen LogP contribution in [0.3, 0.4) is 0 Å². The smallest absolute Gasteiger partial charge is 0.0965 e. The Labute approximate surface area is 123 Å². The van der Waals surface area contributed by atoms with Crippen molar-refractivity contribution in [2.75, 3.05) is 79.5 Å². The predicted octanol–water partition coefficient (Wildman–Crippen LogP) is -1.47. The van der Waals surface area contributed by atoms with Crippen molar-refractivity contribution >= 4 is 0 Å². The molecule has 0 aromatic carbocycles. The van der Waals surface area contributed by atoms with E-state index in [1.54, 1.807) is 7.11 Å². The fourth-order valence-corrected chi connectivity index (χ4v) is 1.50. The van der Waals surface area contributed by atoms with E-state index in [-0.39, 0.29) is 0 Å². The lowest BCUT2D eigenvalue weighted by atomic mass is 10.5. The summed E-state index contributed by atoms with van der Waals surface area (Å²) in [6, 6.07) is 0. The maximum atomic E-state index is 5.18. The number of ether oxygens (including phenoxy) is 2. The Bertz CT molecular complexity index is 157. The maximum absolute atomic E-state index is 5.18. The molecule has 0 unspecified atom stereocenters. The van der Waals surface area contributed by atoms with E-state index in [2.05, 4.69) is 26.6 Å². The zero-order valence-corrected chi connectivity index (χ0v) is 13.1. The highest BCUT2D eigenvalue weighted by molar-refractivity contribution is 4.56. The average Bonchev–Trinajstić information content (AvgIpc) is 2.47. The highest BCUT2D eigenvalue weighted by Crippen LogP contribution is 1.67. The van der Waals surface area contributed by atoms with Gasteiger partial charge in [-0.15, -0.1) is 0 Å². The van der Waals surface area contributed by atoms with Gasteiger partial charge in [-0.2, -0.15) is 0 Å². The van der Waals surface area contributed by atoms with Crippen molar-refractivity contribution in [2.45, 2.75) is 6.92 Å². The molecule has 0 aliphatic heterocycles. The molecular formula is C13H33N5O2. The van der Waals surface area contributed by atoms with Gasteiger partial charge in [0.25, 0.3) is 0 Å². The first-order valence-corrected chi connectivity index (χ1v) is 7.52. The highest BCUT2D eigenvalue weighted by Gasteiger charge is 1.90. The van der Waals surface area contributed by atoms with Gasteiger partial charge < -0.3 is 25.4 Å². The van der Waals surface area contributed by atoms with Crippen molar-refractivity contribution in [3.8, 4) is 0 Å². The zero-order chi connectivity index (χ0) is 14.7. The van der Waals surface area contributed by atoms with Gasteiger partial charge in [-0.1, -0.05) is 0 Å². The molecule has 0 spiro atoms.